The van der Waals surface area contributed by atoms with Crippen LogP contribution in [0.15, 0.2) is 48.7 Å². The number of aryl methyl sites for hydroxylation is 1. The molecule has 0 bridgehead atoms. The molecule has 0 amide bonds. The van der Waals surface area contributed by atoms with Crippen LogP contribution in [0.2, 0.25) is 0 Å². The Morgan fingerprint density at radius 1 is 1.09 bits per heavy atom. The van der Waals surface area contributed by atoms with Crippen LogP contribution >= 0.6 is 0 Å². The van der Waals surface area contributed by atoms with E-state index in [1.54, 1.807) is 10.9 Å². The van der Waals surface area contributed by atoms with Gasteiger partial charge in [-0.25, -0.2) is 9.97 Å². The fourth-order valence-corrected chi connectivity index (χ4v) is 2.70. The van der Waals surface area contributed by atoms with E-state index in [1.807, 2.05) is 49.4 Å². The second-order valence-electron chi connectivity index (χ2n) is 5.00. The lowest BCUT2D eigenvalue weighted by Gasteiger charge is -2.04. The summed E-state index contributed by atoms with van der Waals surface area (Å²) in [7, 11) is 0. The summed E-state index contributed by atoms with van der Waals surface area (Å²) in [6.45, 7) is 1.89. The van der Waals surface area contributed by atoms with Crippen molar-refractivity contribution in [2.45, 2.75) is 6.92 Å². The zero-order valence-corrected chi connectivity index (χ0v) is 11.9. The normalized spacial score (nSPS) is 10.9. The first kappa shape index (κ1) is 12.5. The van der Waals surface area contributed by atoms with Crippen molar-refractivity contribution in [3.63, 3.8) is 0 Å². The Balaban J connectivity index is 2.19. The first-order valence-corrected chi connectivity index (χ1v) is 6.89. The lowest BCUT2D eigenvalue weighted by molar-refractivity contribution is 0.849. The summed E-state index contributed by atoms with van der Waals surface area (Å²) in [4.78, 5) is 9.02. The quantitative estimate of drug-likeness (QED) is 0.539. The molecule has 0 radical (unpaired) electrons. The molecule has 5 heteroatoms. The standard InChI is InChI=1S/C17H11N5/c1-11-16-13(10-18)12-6-2-3-7-14(12)20-17(16)22(21-11)15-8-4-5-9-19-15/h2-9H,1H3. The minimum absolute atomic E-state index is 0.611. The van der Waals surface area contributed by atoms with Gasteiger partial charge in [0.05, 0.1) is 22.2 Å². The van der Waals surface area contributed by atoms with Gasteiger partial charge in [0.25, 0.3) is 0 Å². The molecule has 4 aromatic rings. The number of hydrogen-bond donors (Lipinski definition) is 0. The van der Waals surface area contributed by atoms with E-state index in [2.05, 4.69) is 16.2 Å². The van der Waals surface area contributed by atoms with Crippen LogP contribution in [-0.4, -0.2) is 19.7 Å². The second kappa shape index (κ2) is 4.64. The maximum absolute atomic E-state index is 9.61. The summed E-state index contributed by atoms with van der Waals surface area (Å²) < 4.78 is 1.69. The van der Waals surface area contributed by atoms with Crippen LogP contribution in [0, 0.1) is 18.3 Å². The van der Waals surface area contributed by atoms with Gasteiger partial charge in [-0.2, -0.15) is 15.0 Å². The molecule has 0 aliphatic heterocycles. The Kier molecular flexibility index (Phi) is 2.63. The molecular weight excluding hydrogens is 274 g/mol. The number of pyridine rings is 2. The van der Waals surface area contributed by atoms with Crippen molar-refractivity contribution in [2.75, 3.05) is 0 Å². The van der Waals surface area contributed by atoms with Gasteiger partial charge in [0, 0.05) is 11.6 Å². The molecule has 0 N–H and O–H groups in total. The largest absolute Gasteiger partial charge is 0.237 e. The molecule has 0 atom stereocenters. The van der Waals surface area contributed by atoms with E-state index in [4.69, 9.17) is 4.98 Å². The third-order valence-corrected chi connectivity index (χ3v) is 3.66. The maximum atomic E-state index is 9.61. The molecule has 0 fully saturated rings. The molecule has 0 saturated heterocycles. The topological polar surface area (TPSA) is 67.4 Å². The van der Waals surface area contributed by atoms with E-state index in [0.29, 0.717) is 17.0 Å². The van der Waals surface area contributed by atoms with E-state index in [-0.39, 0.29) is 0 Å². The summed E-state index contributed by atoms with van der Waals surface area (Å²) >= 11 is 0. The van der Waals surface area contributed by atoms with Gasteiger partial charge in [-0.3, -0.25) is 0 Å². The Bertz CT molecular complexity index is 1040. The molecule has 0 aliphatic carbocycles. The zero-order valence-electron chi connectivity index (χ0n) is 11.9. The minimum Gasteiger partial charge on any atom is -0.237 e. The number of aromatic nitrogens is 4. The molecule has 5 nitrogen and oxygen atoms in total. The number of hydrogen-bond acceptors (Lipinski definition) is 4. The minimum atomic E-state index is 0.611. The van der Waals surface area contributed by atoms with Gasteiger partial charge in [0.1, 0.15) is 6.07 Å². The average Bonchev–Trinajstić information content (AvgIpc) is 2.90. The van der Waals surface area contributed by atoms with Gasteiger partial charge in [-0.15, -0.1) is 0 Å². The third-order valence-electron chi connectivity index (χ3n) is 3.66. The lowest BCUT2D eigenvalue weighted by Crippen LogP contribution is -2.00. The highest BCUT2D eigenvalue weighted by Crippen LogP contribution is 2.28. The highest BCUT2D eigenvalue weighted by Gasteiger charge is 2.17. The molecule has 3 heterocycles. The summed E-state index contributed by atoms with van der Waals surface area (Å²) in [5, 5.41) is 15.8. The Labute approximate surface area is 126 Å². The monoisotopic (exact) mass is 285 g/mol. The van der Waals surface area contributed by atoms with Crippen molar-refractivity contribution in [3.8, 4) is 11.9 Å². The van der Waals surface area contributed by atoms with E-state index >= 15 is 0 Å². The van der Waals surface area contributed by atoms with Crippen LogP contribution in [0.1, 0.15) is 11.3 Å². The van der Waals surface area contributed by atoms with Crippen LogP contribution in [0.4, 0.5) is 0 Å². The van der Waals surface area contributed by atoms with Crippen LogP contribution in [-0.2, 0) is 0 Å². The van der Waals surface area contributed by atoms with Crippen LogP contribution in [0.5, 0.6) is 0 Å². The maximum Gasteiger partial charge on any atom is 0.166 e. The fourth-order valence-electron chi connectivity index (χ4n) is 2.70. The number of nitriles is 1. The molecular formula is C17H11N5. The number of rotatable bonds is 1. The highest BCUT2D eigenvalue weighted by atomic mass is 15.3. The molecule has 104 valence electrons. The highest BCUT2D eigenvalue weighted by molar-refractivity contribution is 6.00. The zero-order chi connectivity index (χ0) is 15.1. The van der Waals surface area contributed by atoms with E-state index in [0.717, 1.165) is 22.0 Å². The van der Waals surface area contributed by atoms with Crippen molar-refractivity contribution >= 4 is 21.9 Å². The number of para-hydroxylation sites is 1. The van der Waals surface area contributed by atoms with Gasteiger partial charge in [-0.1, -0.05) is 24.3 Å². The van der Waals surface area contributed by atoms with Crippen molar-refractivity contribution in [2.24, 2.45) is 0 Å². The summed E-state index contributed by atoms with van der Waals surface area (Å²) in [6.07, 6.45) is 1.71. The van der Waals surface area contributed by atoms with E-state index in [1.165, 1.54) is 0 Å². The summed E-state index contributed by atoms with van der Waals surface area (Å²) in [5.74, 6) is 0.687. The van der Waals surface area contributed by atoms with Crippen LogP contribution in [0.3, 0.4) is 0 Å². The van der Waals surface area contributed by atoms with Crippen LogP contribution < -0.4 is 0 Å². The lowest BCUT2D eigenvalue weighted by atomic mass is 10.1. The molecule has 0 aliphatic rings. The van der Waals surface area contributed by atoms with Crippen molar-refractivity contribution in [3.05, 3.63) is 59.9 Å². The first-order chi connectivity index (χ1) is 10.8. The average molecular weight is 285 g/mol. The SMILES string of the molecule is Cc1nn(-c2ccccn2)c2nc3ccccc3c(C#N)c12. The second-order valence-corrected chi connectivity index (χ2v) is 5.00. The Morgan fingerprint density at radius 3 is 2.68 bits per heavy atom. The molecule has 3 aromatic heterocycles. The van der Waals surface area contributed by atoms with Gasteiger partial charge in [0.15, 0.2) is 11.5 Å². The number of benzene rings is 1. The Hall–Kier alpha value is -3.26. The van der Waals surface area contributed by atoms with Crippen molar-refractivity contribution in [1.82, 2.24) is 19.7 Å². The predicted molar refractivity (Wildman–Crippen MR) is 83.6 cm³/mol. The smallest absolute Gasteiger partial charge is 0.166 e. The summed E-state index contributed by atoms with van der Waals surface area (Å²) in [5.41, 5.74) is 2.82. The number of nitrogens with zero attached hydrogens (tertiary/aromatic N) is 5. The van der Waals surface area contributed by atoms with Crippen LogP contribution in [0.25, 0.3) is 27.8 Å². The molecule has 22 heavy (non-hydrogen) atoms. The van der Waals surface area contributed by atoms with Gasteiger partial charge < -0.3 is 0 Å². The van der Waals surface area contributed by atoms with Gasteiger partial charge >= 0.3 is 0 Å². The predicted octanol–water partition coefficient (Wildman–Crippen LogP) is 3.15. The van der Waals surface area contributed by atoms with Gasteiger partial charge in [-0.05, 0) is 25.1 Å². The van der Waals surface area contributed by atoms with E-state index < -0.39 is 0 Å². The number of fused-ring (bicyclic) bond motifs is 2. The molecule has 4 rings (SSSR count). The van der Waals surface area contributed by atoms with E-state index in [9.17, 15) is 5.26 Å². The molecule has 1 aromatic carbocycles. The summed E-state index contributed by atoms with van der Waals surface area (Å²) in [6, 6.07) is 15.6. The van der Waals surface area contributed by atoms with Gasteiger partial charge in [0.2, 0.25) is 0 Å². The molecule has 0 unspecified atom stereocenters. The van der Waals surface area contributed by atoms with Crippen molar-refractivity contribution < 1.29 is 0 Å². The molecule has 0 saturated carbocycles. The fraction of sp³-hybridized carbons (Fsp3) is 0.0588. The Morgan fingerprint density at radius 2 is 1.91 bits per heavy atom. The molecule has 0 spiro atoms. The third kappa shape index (κ3) is 1.68. The first-order valence-electron chi connectivity index (χ1n) is 6.89. The van der Waals surface area contributed by atoms with Crippen molar-refractivity contribution in [1.29, 1.82) is 5.26 Å².